The van der Waals surface area contributed by atoms with E-state index in [-0.39, 0.29) is 5.97 Å². The molecule has 0 aromatic heterocycles. The van der Waals surface area contributed by atoms with Gasteiger partial charge in [0, 0.05) is 0 Å². The lowest BCUT2D eigenvalue weighted by atomic mass is 9.97. The Hall–Kier alpha value is -5.41. The van der Waals surface area contributed by atoms with Gasteiger partial charge in [-0.25, -0.2) is 14.4 Å². The molecule has 3 atom stereocenters. The van der Waals surface area contributed by atoms with Crippen LogP contribution in [0.15, 0.2) is 140 Å². The molecule has 0 N–H and O–H groups in total. The zero-order valence-electron chi connectivity index (χ0n) is 36.6. The summed E-state index contributed by atoms with van der Waals surface area (Å²) in [5, 5.41) is 0. The second-order valence-electron chi connectivity index (χ2n) is 15.5. The van der Waals surface area contributed by atoms with Crippen LogP contribution >= 0.6 is 18.5 Å². The third-order valence-corrected chi connectivity index (χ3v) is 11.1. The van der Waals surface area contributed by atoms with Crippen molar-refractivity contribution in [3.05, 3.63) is 184 Å². The number of carbonyl (C=O) groups is 3. The maximum absolute atomic E-state index is 12.3. The number of hydrogen-bond donors (Lipinski definition) is 0. The molecule has 0 aliphatic heterocycles. The Morgan fingerprint density at radius 2 is 0.885 bits per heavy atom. The molecule has 0 fully saturated rings. The molecule has 0 spiro atoms. The topological polar surface area (TPSA) is 78.9 Å². The average Bonchev–Trinajstić information content (AvgIpc) is 3.28. The minimum atomic E-state index is -0.460. The highest BCUT2D eigenvalue weighted by molar-refractivity contribution is 7.15. The maximum atomic E-state index is 12.3. The Morgan fingerprint density at radius 1 is 0.492 bits per heavy atom. The molecule has 0 radical (unpaired) electrons. The molecule has 0 amide bonds. The zero-order valence-corrected chi connectivity index (χ0v) is 38.9. The number of carbonyl (C=O) groups excluding carboxylic acids is 3. The predicted octanol–water partition coefficient (Wildman–Crippen LogP) is 13.7. The summed E-state index contributed by atoms with van der Waals surface area (Å²) < 4.78 is 16.3. The monoisotopic (exact) mass is 854 g/mol. The SMILES string of the molecule is CCC(C)C.CCC(C)Cc1ccc(-c2ccc(OC(=O)c3ccc(CP)cc3)cc2)cc1.Cc1ccc(OC(=O)c2ccc(OC(=O)c3ccc(CP)cc3)c(C)c2)cc1. The Kier molecular flexibility index (Phi) is 19.6. The van der Waals surface area contributed by atoms with Gasteiger partial charge < -0.3 is 14.2 Å². The summed E-state index contributed by atoms with van der Waals surface area (Å²) in [4.78, 5) is 37.0. The van der Waals surface area contributed by atoms with Crippen LogP contribution in [0, 0.1) is 25.7 Å². The van der Waals surface area contributed by atoms with Crippen molar-refractivity contribution in [2.75, 3.05) is 0 Å². The van der Waals surface area contributed by atoms with E-state index >= 15 is 0 Å². The van der Waals surface area contributed by atoms with Gasteiger partial charge in [-0.1, -0.05) is 126 Å². The Bertz CT molecular complexity index is 2280. The average molecular weight is 855 g/mol. The lowest BCUT2D eigenvalue weighted by molar-refractivity contribution is 0.0723. The van der Waals surface area contributed by atoms with Crippen LogP contribution in [0.4, 0.5) is 0 Å². The van der Waals surface area contributed by atoms with E-state index in [1.165, 1.54) is 29.5 Å². The van der Waals surface area contributed by atoms with Gasteiger partial charge in [0.25, 0.3) is 0 Å². The highest BCUT2D eigenvalue weighted by Crippen LogP contribution is 2.25. The van der Waals surface area contributed by atoms with Crippen LogP contribution in [0.25, 0.3) is 11.1 Å². The van der Waals surface area contributed by atoms with Gasteiger partial charge in [-0.05, 0) is 145 Å². The molecule has 6 rings (SSSR count). The summed E-state index contributed by atoms with van der Waals surface area (Å²) >= 11 is 0. The fraction of sp³-hybridized carbons (Fsp3) is 0.264. The Balaban J connectivity index is 0.000000242. The number of ether oxygens (including phenoxy) is 3. The number of rotatable bonds is 13. The molecule has 6 aromatic carbocycles. The van der Waals surface area contributed by atoms with Gasteiger partial charge in [-0.3, -0.25) is 0 Å². The third kappa shape index (κ3) is 15.9. The van der Waals surface area contributed by atoms with E-state index in [0.29, 0.717) is 45.4 Å². The van der Waals surface area contributed by atoms with E-state index in [9.17, 15) is 14.4 Å². The maximum Gasteiger partial charge on any atom is 0.343 e. The van der Waals surface area contributed by atoms with E-state index < -0.39 is 11.9 Å². The lowest BCUT2D eigenvalue weighted by Gasteiger charge is -2.10. The van der Waals surface area contributed by atoms with E-state index in [1.54, 1.807) is 61.5 Å². The van der Waals surface area contributed by atoms with Crippen molar-refractivity contribution in [1.82, 2.24) is 0 Å². The van der Waals surface area contributed by atoms with Crippen molar-refractivity contribution in [1.29, 1.82) is 0 Å². The Morgan fingerprint density at radius 3 is 1.31 bits per heavy atom. The summed E-state index contributed by atoms with van der Waals surface area (Å²) in [7, 11) is 5.31. The quantitative estimate of drug-likeness (QED) is 0.0654. The molecule has 3 unspecified atom stereocenters. The summed E-state index contributed by atoms with van der Waals surface area (Å²) in [5.41, 5.74) is 9.12. The summed E-state index contributed by atoms with van der Waals surface area (Å²) in [5.74, 6) is 1.80. The minimum Gasteiger partial charge on any atom is -0.423 e. The highest BCUT2D eigenvalue weighted by Gasteiger charge is 2.15. The molecule has 8 heteroatoms. The molecule has 0 bridgehead atoms. The van der Waals surface area contributed by atoms with E-state index in [4.69, 9.17) is 14.2 Å². The van der Waals surface area contributed by atoms with Crippen molar-refractivity contribution in [3.8, 4) is 28.4 Å². The van der Waals surface area contributed by atoms with Crippen LogP contribution in [0.2, 0.25) is 0 Å². The molecule has 0 aliphatic carbocycles. The van der Waals surface area contributed by atoms with Crippen LogP contribution in [0.1, 0.15) is 106 Å². The molecule has 0 saturated heterocycles. The number of benzene rings is 6. The second kappa shape index (κ2) is 24.7. The molecule has 0 aliphatic rings. The van der Waals surface area contributed by atoms with E-state index in [0.717, 1.165) is 41.4 Å². The normalized spacial score (nSPS) is 11.0. The molecule has 318 valence electrons. The van der Waals surface area contributed by atoms with Crippen molar-refractivity contribution < 1.29 is 28.6 Å². The van der Waals surface area contributed by atoms with Crippen LogP contribution < -0.4 is 14.2 Å². The first-order valence-corrected chi connectivity index (χ1v) is 22.6. The van der Waals surface area contributed by atoms with Crippen LogP contribution in [-0.2, 0) is 18.7 Å². The molecule has 6 nitrogen and oxygen atoms in total. The molecule has 0 saturated carbocycles. The molecule has 61 heavy (non-hydrogen) atoms. The standard InChI is InChI=1S/C25H27O2P.C23H21O4P.C5H12/c1-3-18(2)16-19-4-8-21(9-5-19)22-12-14-24(15-13-22)27-25(26)23-10-6-20(17-28)7-11-23;1-15-3-10-20(11-4-15)26-23(25)19-9-12-21(16(2)13-19)27-22(24)18-7-5-17(14-28)6-8-18;1-4-5(2)3/h4-15,18H,3,16-17,28H2,1-2H3;3-13H,14,28H2,1-2H3;5H,4H2,1-3H3. The van der Waals surface area contributed by atoms with Crippen LogP contribution in [0.3, 0.4) is 0 Å². The summed E-state index contributed by atoms with van der Waals surface area (Å²) in [6.07, 6.45) is 5.32. The van der Waals surface area contributed by atoms with Crippen molar-refractivity contribution in [2.24, 2.45) is 11.8 Å². The Labute approximate surface area is 367 Å². The molecular weight excluding hydrogens is 795 g/mol. The predicted molar refractivity (Wildman–Crippen MR) is 257 cm³/mol. The number of esters is 3. The van der Waals surface area contributed by atoms with Gasteiger partial charge in [0.15, 0.2) is 0 Å². The third-order valence-electron chi connectivity index (χ3n) is 10.1. The number of aryl methyl sites for hydroxylation is 2. The summed E-state index contributed by atoms with van der Waals surface area (Å²) in [6, 6.07) is 43.2. The number of hydrogen-bond acceptors (Lipinski definition) is 6. The fourth-order valence-electron chi connectivity index (χ4n) is 5.64. The second-order valence-corrected chi connectivity index (χ2v) is 16.3. The lowest BCUT2D eigenvalue weighted by Crippen LogP contribution is -2.11. The van der Waals surface area contributed by atoms with Gasteiger partial charge in [0.1, 0.15) is 17.2 Å². The molecule has 6 aromatic rings. The van der Waals surface area contributed by atoms with Crippen molar-refractivity contribution in [2.45, 2.75) is 80.1 Å². The zero-order chi connectivity index (χ0) is 44.3. The summed E-state index contributed by atoms with van der Waals surface area (Å²) in [6.45, 7) is 14.9. The van der Waals surface area contributed by atoms with Gasteiger partial charge >= 0.3 is 17.9 Å². The van der Waals surface area contributed by atoms with Crippen LogP contribution in [0.5, 0.6) is 17.2 Å². The van der Waals surface area contributed by atoms with Gasteiger partial charge in [-0.2, -0.15) is 0 Å². The smallest absolute Gasteiger partial charge is 0.343 e. The van der Waals surface area contributed by atoms with E-state index in [2.05, 4.69) is 77.4 Å². The largest absolute Gasteiger partial charge is 0.423 e. The first kappa shape index (κ1) is 48.3. The minimum absolute atomic E-state index is 0.336. The first-order chi connectivity index (χ1) is 29.3. The van der Waals surface area contributed by atoms with Gasteiger partial charge in [0.2, 0.25) is 0 Å². The van der Waals surface area contributed by atoms with Gasteiger partial charge in [-0.15, -0.1) is 18.5 Å². The fourth-order valence-corrected chi connectivity index (χ4v) is 6.18. The molecule has 0 heterocycles. The van der Waals surface area contributed by atoms with Crippen LogP contribution in [-0.4, -0.2) is 17.9 Å². The first-order valence-electron chi connectivity index (χ1n) is 20.9. The van der Waals surface area contributed by atoms with E-state index in [1.807, 2.05) is 67.6 Å². The van der Waals surface area contributed by atoms with Crippen molar-refractivity contribution in [3.63, 3.8) is 0 Å². The molecular formula is C53H60O6P2. The van der Waals surface area contributed by atoms with Gasteiger partial charge in [0.05, 0.1) is 16.7 Å². The van der Waals surface area contributed by atoms with Crippen molar-refractivity contribution >= 4 is 36.4 Å². The highest BCUT2D eigenvalue weighted by atomic mass is 31.0.